The molecule has 0 aliphatic carbocycles. The zero-order valence-corrected chi connectivity index (χ0v) is 14.1. The highest BCUT2D eigenvalue weighted by Gasteiger charge is 2.34. The molecule has 0 bridgehead atoms. The van der Waals surface area contributed by atoms with Crippen molar-refractivity contribution in [1.82, 2.24) is 4.90 Å². The number of carbonyl (C=O) groups excluding carboxylic acids is 2. The molecule has 0 saturated carbocycles. The molecule has 1 aromatic rings. The van der Waals surface area contributed by atoms with E-state index in [4.69, 9.17) is 10.5 Å². The summed E-state index contributed by atoms with van der Waals surface area (Å²) < 4.78 is 5.81. The second kappa shape index (κ2) is 7.17. The Labute approximate surface area is 136 Å². The quantitative estimate of drug-likeness (QED) is 0.649. The standard InChI is InChI=1S/C14H17BrN2O3S/c1-2-20-14(19)12-8-21-6-5-17(12)13(18)9-3-4-10(15)11(16)7-9/h3-4,7,12H,2,5-6,8,16H2,1H3. The number of anilines is 1. The molecule has 7 heteroatoms. The van der Waals surface area contributed by atoms with E-state index >= 15 is 0 Å². The fraction of sp³-hybridized carbons (Fsp3) is 0.429. The highest BCUT2D eigenvalue weighted by Crippen LogP contribution is 2.24. The van der Waals surface area contributed by atoms with Crippen LogP contribution in [-0.2, 0) is 9.53 Å². The Morgan fingerprint density at radius 1 is 1.52 bits per heavy atom. The van der Waals surface area contributed by atoms with E-state index in [1.54, 1.807) is 41.8 Å². The third kappa shape index (κ3) is 3.71. The first kappa shape index (κ1) is 16.2. The summed E-state index contributed by atoms with van der Waals surface area (Å²) in [4.78, 5) is 26.2. The molecule has 2 rings (SSSR count). The predicted octanol–water partition coefficient (Wildman–Crippen LogP) is 2.15. The van der Waals surface area contributed by atoms with E-state index in [0.717, 1.165) is 10.2 Å². The molecule has 2 N–H and O–H groups in total. The lowest BCUT2D eigenvalue weighted by atomic mass is 10.1. The normalized spacial score (nSPS) is 18.4. The van der Waals surface area contributed by atoms with Crippen LogP contribution in [0.15, 0.2) is 22.7 Å². The summed E-state index contributed by atoms with van der Waals surface area (Å²) in [5, 5.41) is 0. The molecule has 0 aromatic heterocycles. The van der Waals surface area contributed by atoms with Gasteiger partial charge >= 0.3 is 5.97 Å². The van der Waals surface area contributed by atoms with Gasteiger partial charge in [-0.2, -0.15) is 11.8 Å². The van der Waals surface area contributed by atoms with Gasteiger partial charge in [0, 0.05) is 33.8 Å². The number of esters is 1. The van der Waals surface area contributed by atoms with E-state index in [0.29, 0.717) is 30.2 Å². The molecular formula is C14H17BrN2O3S. The molecule has 1 unspecified atom stereocenters. The lowest BCUT2D eigenvalue weighted by Crippen LogP contribution is -2.51. The Kier molecular flexibility index (Phi) is 5.52. The van der Waals surface area contributed by atoms with Gasteiger partial charge in [0.1, 0.15) is 6.04 Å². The molecule has 1 heterocycles. The summed E-state index contributed by atoms with van der Waals surface area (Å²) in [6.07, 6.45) is 0. The van der Waals surface area contributed by atoms with Crippen LogP contribution >= 0.6 is 27.7 Å². The van der Waals surface area contributed by atoms with Crippen molar-refractivity contribution in [2.45, 2.75) is 13.0 Å². The lowest BCUT2D eigenvalue weighted by molar-refractivity contribution is -0.147. The minimum Gasteiger partial charge on any atom is -0.464 e. The molecule has 1 aliphatic heterocycles. The van der Waals surface area contributed by atoms with E-state index in [1.807, 2.05) is 0 Å². The van der Waals surface area contributed by atoms with Gasteiger partial charge in [-0.1, -0.05) is 0 Å². The largest absolute Gasteiger partial charge is 0.464 e. The zero-order chi connectivity index (χ0) is 15.4. The van der Waals surface area contributed by atoms with Crippen molar-refractivity contribution in [3.63, 3.8) is 0 Å². The SMILES string of the molecule is CCOC(=O)C1CSCCN1C(=O)c1ccc(Br)c(N)c1. The van der Waals surface area contributed by atoms with Crippen LogP contribution in [0, 0.1) is 0 Å². The number of carbonyl (C=O) groups is 2. The minimum absolute atomic E-state index is 0.187. The number of rotatable bonds is 3. The van der Waals surface area contributed by atoms with Crippen molar-refractivity contribution in [2.24, 2.45) is 0 Å². The topological polar surface area (TPSA) is 72.6 Å². The molecule has 1 atom stereocenters. The van der Waals surface area contributed by atoms with Gasteiger partial charge in [-0.05, 0) is 41.1 Å². The maximum absolute atomic E-state index is 12.6. The average molecular weight is 373 g/mol. The Morgan fingerprint density at radius 3 is 2.95 bits per heavy atom. The second-order valence-electron chi connectivity index (χ2n) is 4.58. The smallest absolute Gasteiger partial charge is 0.329 e. The molecule has 1 amide bonds. The number of hydrogen-bond acceptors (Lipinski definition) is 5. The van der Waals surface area contributed by atoms with Gasteiger partial charge in [0.2, 0.25) is 0 Å². The monoisotopic (exact) mass is 372 g/mol. The fourth-order valence-electron chi connectivity index (χ4n) is 2.12. The van der Waals surface area contributed by atoms with Crippen LogP contribution in [0.1, 0.15) is 17.3 Å². The Morgan fingerprint density at radius 2 is 2.29 bits per heavy atom. The number of ether oxygens (including phenoxy) is 1. The first-order valence-corrected chi connectivity index (χ1v) is 8.59. The first-order valence-electron chi connectivity index (χ1n) is 6.65. The number of nitrogens with zero attached hydrogens (tertiary/aromatic N) is 1. The molecule has 21 heavy (non-hydrogen) atoms. The molecule has 1 aromatic carbocycles. The molecule has 0 radical (unpaired) electrons. The number of amides is 1. The molecule has 1 aliphatic rings. The minimum atomic E-state index is -0.527. The molecule has 5 nitrogen and oxygen atoms in total. The third-order valence-electron chi connectivity index (χ3n) is 3.19. The maximum Gasteiger partial charge on any atom is 0.329 e. The van der Waals surface area contributed by atoms with Crippen molar-refractivity contribution >= 4 is 45.3 Å². The van der Waals surface area contributed by atoms with Gasteiger partial charge in [0.05, 0.1) is 6.61 Å². The zero-order valence-electron chi connectivity index (χ0n) is 11.7. The number of hydrogen-bond donors (Lipinski definition) is 1. The van der Waals surface area contributed by atoms with Gasteiger partial charge in [-0.15, -0.1) is 0 Å². The molecule has 1 saturated heterocycles. The van der Waals surface area contributed by atoms with Crippen LogP contribution in [-0.4, -0.2) is 47.5 Å². The number of halogens is 1. The van der Waals surface area contributed by atoms with Gasteiger partial charge in [-0.25, -0.2) is 4.79 Å². The number of nitrogen functional groups attached to an aromatic ring is 1. The lowest BCUT2D eigenvalue weighted by Gasteiger charge is -2.33. The van der Waals surface area contributed by atoms with Crippen LogP contribution in [0.25, 0.3) is 0 Å². The molecule has 1 fully saturated rings. The first-order chi connectivity index (χ1) is 10.0. The van der Waals surface area contributed by atoms with Crippen LogP contribution in [0.3, 0.4) is 0 Å². The average Bonchev–Trinajstić information content (AvgIpc) is 2.49. The summed E-state index contributed by atoms with van der Waals surface area (Å²) in [7, 11) is 0. The Balaban J connectivity index is 2.21. The van der Waals surface area contributed by atoms with Crippen LogP contribution in [0.5, 0.6) is 0 Å². The predicted molar refractivity (Wildman–Crippen MR) is 87.3 cm³/mol. The van der Waals surface area contributed by atoms with Crippen LogP contribution in [0.2, 0.25) is 0 Å². The fourth-order valence-corrected chi connectivity index (χ4v) is 3.40. The summed E-state index contributed by atoms with van der Waals surface area (Å²) in [5.74, 6) is 0.847. The van der Waals surface area contributed by atoms with Gasteiger partial charge < -0.3 is 15.4 Å². The number of nitrogens with two attached hydrogens (primary N) is 1. The molecule has 0 spiro atoms. The second-order valence-corrected chi connectivity index (χ2v) is 6.58. The van der Waals surface area contributed by atoms with E-state index in [2.05, 4.69) is 15.9 Å². The molecule has 114 valence electrons. The van der Waals surface area contributed by atoms with Crippen LogP contribution in [0.4, 0.5) is 5.69 Å². The van der Waals surface area contributed by atoms with E-state index < -0.39 is 6.04 Å². The van der Waals surface area contributed by atoms with Crippen molar-refractivity contribution in [2.75, 3.05) is 30.4 Å². The third-order valence-corrected chi connectivity index (χ3v) is 4.94. The van der Waals surface area contributed by atoms with E-state index in [-0.39, 0.29) is 11.9 Å². The Hall–Kier alpha value is -1.21. The summed E-state index contributed by atoms with van der Waals surface area (Å²) in [6.45, 7) is 2.60. The van der Waals surface area contributed by atoms with Crippen molar-refractivity contribution < 1.29 is 14.3 Å². The van der Waals surface area contributed by atoms with Gasteiger partial charge in [-0.3, -0.25) is 4.79 Å². The molecular weight excluding hydrogens is 356 g/mol. The van der Waals surface area contributed by atoms with Crippen molar-refractivity contribution in [3.8, 4) is 0 Å². The van der Waals surface area contributed by atoms with Crippen molar-refractivity contribution in [3.05, 3.63) is 28.2 Å². The summed E-state index contributed by atoms with van der Waals surface area (Å²) in [5.41, 5.74) is 6.80. The summed E-state index contributed by atoms with van der Waals surface area (Å²) in [6, 6.07) is 4.53. The summed E-state index contributed by atoms with van der Waals surface area (Å²) >= 11 is 4.96. The van der Waals surface area contributed by atoms with Gasteiger partial charge in [0.25, 0.3) is 5.91 Å². The van der Waals surface area contributed by atoms with E-state index in [1.165, 1.54) is 0 Å². The van der Waals surface area contributed by atoms with E-state index in [9.17, 15) is 9.59 Å². The number of thioether (sulfide) groups is 1. The van der Waals surface area contributed by atoms with Crippen LogP contribution < -0.4 is 5.73 Å². The Bertz CT molecular complexity index is 553. The maximum atomic E-state index is 12.6. The highest BCUT2D eigenvalue weighted by atomic mass is 79.9. The number of benzene rings is 1. The highest BCUT2D eigenvalue weighted by molar-refractivity contribution is 9.10. The van der Waals surface area contributed by atoms with Gasteiger partial charge in [0.15, 0.2) is 0 Å². The van der Waals surface area contributed by atoms with Crippen molar-refractivity contribution in [1.29, 1.82) is 0 Å².